The summed E-state index contributed by atoms with van der Waals surface area (Å²) in [6.07, 6.45) is 5.73. The SMILES string of the molecule is Cc1ccccc1CC(=O)NC(=S)Nc1ccc(Cl)c(C(=O)NC2CCCCC2)c1. The normalized spacial score (nSPS) is 14.1. The van der Waals surface area contributed by atoms with Crippen LogP contribution in [0.3, 0.4) is 0 Å². The van der Waals surface area contributed by atoms with Crippen molar-refractivity contribution in [2.75, 3.05) is 5.32 Å². The summed E-state index contributed by atoms with van der Waals surface area (Å²) in [6, 6.07) is 12.9. The van der Waals surface area contributed by atoms with Crippen molar-refractivity contribution in [1.82, 2.24) is 10.6 Å². The average Bonchev–Trinajstić information content (AvgIpc) is 2.71. The second-order valence-corrected chi connectivity index (χ2v) is 8.42. The second kappa shape index (κ2) is 10.5. The maximum atomic E-state index is 12.7. The lowest BCUT2D eigenvalue weighted by molar-refractivity contribution is -0.119. The predicted molar refractivity (Wildman–Crippen MR) is 125 cm³/mol. The number of carbonyl (C=O) groups is 2. The van der Waals surface area contributed by atoms with Crippen molar-refractivity contribution < 1.29 is 9.59 Å². The van der Waals surface area contributed by atoms with Gasteiger partial charge < -0.3 is 16.0 Å². The molecule has 1 fully saturated rings. The molecule has 0 saturated heterocycles. The van der Waals surface area contributed by atoms with Crippen LogP contribution in [-0.2, 0) is 11.2 Å². The number of hydrogen-bond donors (Lipinski definition) is 3. The summed E-state index contributed by atoms with van der Waals surface area (Å²) < 4.78 is 0. The number of halogens is 1. The highest BCUT2D eigenvalue weighted by Gasteiger charge is 2.19. The van der Waals surface area contributed by atoms with E-state index in [1.807, 2.05) is 31.2 Å². The Morgan fingerprint density at radius 2 is 1.83 bits per heavy atom. The largest absolute Gasteiger partial charge is 0.349 e. The molecule has 2 amide bonds. The van der Waals surface area contributed by atoms with Crippen molar-refractivity contribution in [2.24, 2.45) is 0 Å². The number of rotatable bonds is 5. The third-order valence-corrected chi connectivity index (χ3v) is 5.81. The summed E-state index contributed by atoms with van der Waals surface area (Å²) in [5.74, 6) is -0.393. The first-order valence-corrected chi connectivity index (χ1v) is 11.0. The fourth-order valence-electron chi connectivity index (χ4n) is 3.60. The van der Waals surface area contributed by atoms with Crippen molar-refractivity contribution in [3.05, 3.63) is 64.2 Å². The van der Waals surface area contributed by atoms with Gasteiger partial charge in [0.15, 0.2) is 5.11 Å². The number of carbonyl (C=O) groups excluding carboxylic acids is 2. The lowest BCUT2D eigenvalue weighted by Gasteiger charge is -2.23. The van der Waals surface area contributed by atoms with Gasteiger partial charge in [-0.05, 0) is 61.3 Å². The van der Waals surface area contributed by atoms with E-state index < -0.39 is 0 Å². The molecule has 7 heteroatoms. The highest BCUT2D eigenvalue weighted by molar-refractivity contribution is 7.80. The lowest BCUT2D eigenvalue weighted by atomic mass is 9.95. The molecule has 2 aromatic carbocycles. The first-order valence-electron chi connectivity index (χ1n) is 10.2. The van der Waals surface area contributed by atoms with Crippen LogP contribution in [0.15, 0.2) is 42.5 Å². The summed E-state index contributed by atoms with van der Waals surface area (Å²) in [5.41, 5.74) is 2.99. The summed E-state index contributed by atoms with van der Waals surface area (Å²) >= 11 is 11.5. The molecule has 0 aromatic heterocycles. The third kappa shape index (κ3) is 6.28. The fraction of sp³-hybridized carbons (Fsp3) is 0.348. The zero-order valence-corrected chi connectivity index (χ0v) is 18.5. The van der Waals surface area contributed by atoms with Crippen molar-refractivity contribution in [1.29, 1.82) is 0 Å². The van der Waals surface area contributed by atoms with Gasteiger partial charge >= 0.3 is 0 Å². The van der Waals surface area contributed by atoms with E-state index in [2.05, 4.69) is 16.0 Å². The molecule has 3 N–H and O–H groups in total. The lowest BCUT2D eigenvalue weighted by Crippen LogP contribution is -2.36. The van der Waals surface area contributed by atoms with E-state index in [9.17, 15) is 9.59 Å². The summed E-state index contributed by atoms with van der Waals surface area (Å²) in [6.45, 7) is 1.97. The van der Waals surface area contributed by atoms with E-state index in [4.69, 9.17) is 23.8 Å². The fourth-order valence-corrected chi connectivity index (χ4v) is 4.04. The van der Waals surface area contributed by atoms with Crippen LogP contribution in [0.4, 0.5) is 5.69 Å². The van der Waals surface area contributed by atoms with Crippen molar-refractivity contribution in [2.45, 2.75) is 51.5 Å². The Labute approximate surface area is 187 Å². The Bertz CT molecular complexity index is 942. The monoisotopic (exact) mass is 443 g/mol. The minimum Gasteiger partial charge on any atom is -0.349 e. The number of thiocarbonyl (C=S) groups is 1. The highest BCUT2D eigenvalue weighted by atomic mass is 35.5. The maximum absolute atomic E-state index is 12.7. The van der Waals surface area contributed by atoms with Crippen molar-refractivity contribution >= 4 is 46.4 Å². The van der Waals surface area contributed by atoms with Gasteiger partial charge in [-0.1, -0.05) is 55.1 Å². The third-order valence-electron chi connectivity index (χ3n) is 5.27. The molecular formula is C23H26ClN3O2S. The number of amides is 2. The van der Waals surface area contributed by atoms with E-state index >= 15 is 0 Å². The van der Waals surface area contributed by atoms with Crippen LogP contribution < -0.4 is 16.0 Å². The first-order chi connectivity index (χ1) is 14.4. The quantitative estimate of drug-likeness (QED) is 0.582. The van der Waals surface area contributed by atoms with Gasteiger partial charge in [0.1, 0.15) is 0 Å². The maximum Gasteiger partial charge on any atom is 0.253 e. The molecule has 0 unspecified atom stereocenters. The summed E-state index contributed by atoms with van der Waals surface area (Å²) in [7, 11) is 0. The van der Waals surface area contributed by atoms with Gasteiger partial charge in [-0.3, -0.25) is 9.59 Å². The molecule has 3 rings (SSSR count). The van der Waals surface area contributed by atoms with Gasteiger partial charge in [0.25, 0.3) is 5.91 Å². The van der Waals surface area contributed by atoms with Gasteiger partial charge in [-0.25, -0.2) is 0 Å². The van der Waals surface area contributed by atoms with Gasteiger partial charge in [-0.15, -0.1) is 0 Å². The molecule has 0 spiro atoms. The topological polar surface area (TPSA) is 70.2 Å². The minimum atomic E-state index is -0.203. The molecule has 2 aromatic rings. The molecule has 0 heterocycles. The Morgan fingerprint density at radius 1 is 1.10 bits per heavy atom. The molecule has 5 nitrogen and oxygen atoms in total. The van der Waals surface area contributed by atoms with Crippen molar-refractivity contribution in [3.63, 3.8) is 0 Å². The zero-order valence-electron chi connectivity index (χ0n) is 17.0. The standard InChI is InChI=1S/C23H26ClN3O2S/c1-15-7-5-6-8-16(15)13-21(28)27-23(30)26-18-11-12-20(24)19(14-18)22(29)25-17-9-3-2-4-10-17/h5-8,11-12,14,17H,2-4,9-10,13H2,1H3,(H,25,29)(H2,26,27,28,30). The van der Waals surface area contributed by atoms with Crippen LogP contribution in [0.25, 0.3) is 0 Å². The Hall–Kier alpha value is -2.44. The van der Waals surface area contributed by atoms with Crippen LogP contribution in [0, 0.1) is 6.92 Å². The smallest absolute Gasteiger partial charge is 0.253 e. The molecule has 0 aliphatic heterocycles. The number of hydrogen-bond acceptors (Lipinski definition) is 3. The molecule has 0 radical (unpaired) electrons. The van der Waals surface area contributed by atoms with Gasteiger partial charge in [0, 0.05) is 11.7 Å². The molecule has 1 aliphatic rings. The molecule has 1 saturated carbocycles. The van der Waals surface area contributed by atoms with E-state index in [0.29, 0.717) is 16.3 Å². The van der Waals surface area contributed by atoms with Crippen molar-refractivity contribution in [3.8, 4) is 0 Å². The second-order valence-electron chi connectivity index (χ2n) is 7.61. The van der Waals surface area contributed by atoms with E-state index in [1.54, 1.807) is 18.2 Å². The van der Waals surface area contributed by atoms with Gasteiger partial charge in [0.05, 0.1) is 17.0 Å². The molecule has 30 heavy (non-hydrogen) atoms. The number of benzene rings is 2. The molecule has 0 bridgehead atoms. The van der Waals surface area contributed by atoms with Gasteiger partial charge in [0.2, 0.25) is 5.91 Å². The highest BCUT2D eigenvalue weighted by Crippen LogP contribution is 2.23. The average molecular weight is 444 g/mol. The predicted octanol–water partition coefficient (Wildman–Crippen LogP) is 4.77. The van der Waals surface area contributed by atoms with Crippen LogP contribution in [0.5, 0.6) is 0 Å². The summed E-state index contributed by atoms with van der Waals surface area (Å²) in [4.78, 5) is 25.0. The van der Waals surface area contributed by atoms with Crippen LogP contribution in [0.1, 0.15) is 53.6 Å². The minimum absolute atomic E-state index is 0.176. The van der Waals surface area contributed by atoms with Crippen LogP contribution >= 0.6 is 23.8 Å². The van der Waals surface area contributed by atoms with Crippen LogP contribution in [0.2, 0.25) is 5.02 Å². The molecular weight excluding hydrogens is 418 g/mol. The Morgan fingerprint density at radius 3 is 2.57 bits per heavy atom. The van der Waals surface area contributed by atoms with E-state index in [1.165, 1.54) is 6.42 Å². The van der Waals surface area contributed by atoms with E-state index in [0.717, 1.165) is 36.8 Å². The number of nitrogens with one attached hydrogen (secondary N) is 3. The Kier molecular flexibility index (Phi) is 7.82. The molecule has 1 aliphatic carbocycles. The van der Waals surface area contributed by atoms with Crippen LogP contribution in [-0.4, -0.2) is 23.0 Å². The molecule has 158 valence electrons. The summed E-state index contributed by atoms with van der Waals surface area (Å²) in [5, 5.41) is 9.26. The van der Waals surface area contributed by atoms with E-state index in [-0.39, 0.29) is 29.4 Å². The number of anilines is 1. The number of aryl methyl sites for hydroxylation is 1. The Balaban J connectivity index is 1.58. The molecule has 0 atom stereocenters. The first kappa shape index (κ1) is 22.2. The zero-order chi connectivity index (χ0) is 21.5. The van der Waals surface area contributed by atoms with Gasteiger partial charge in [-0.2, -0.15) is 0 Å².